The number of pyridine rings is 1. The monoisotopic (exact) mass is 444 g/mol. The van der Waals surface area contributed by atoms with Crippen LogP contribution in [0.3, 0.4) is 0 Å². The minimum absolute atomic E-state index is 0.0607. The normalized spacial score (nSPS) is 21.4. The van der Waals surface area contributed by atoms with E-state index in [9.17, 15) is 14.7 Å². The van der Waals surface area contributed by atoms with Crippen molar-refractivity contribution in [1.29, 1.82) is 0 Å². The highest BCUT2D eigenvalue weighted by Crippen LogP contribution is 2.46. The van der Waals surface area contributed by atoms with E-state index in [0.29, 0.717) is 35.9 Å². The number of likely N-dealkylation sites (tertiary alicyclic amines) is 1. The number of aliphatic hydroxyl groups is 1. The maximum absolute atomic E-state index is 12.9. The van der Waals surface area contributed by atoms with Gasteiger partial charge in [-0.15, -0.1) is 0 Å². The average molecular weight is 445 g/mol. The minimum Gasteiger partial charge on any atom is -0.384 e. The summed E-state index contributed by atoms with van der Waals surface area (Å²) in [5.74, 6) is -0.0237. The predicted octanol–water partition coefficient (Wildman–Crippen LogP) is 2.97. The summed E-state index contributed by atoms with van der Waals surface area (Å²) < 4.78 is 0. The van der Waals surface area contributed by atoms with E-state index in [2.05, 4.69) is 10.3 Å². The zero-order valence-corrected chi connectivity index (χ0v) is 18.8. The van der Waals surface area contributed by atoms with E-state index < -0.39 is 11.0 Å². The standard InChI is InChI=1S/C23H29ClN4O3/c1-15(27-21(30)16-4-9-19(25)26-13-16)12-20(29)28-11-10-23(31,22(2,3)14-28)17-5-7-18(24)8-6-17/h4-9,13,15,31H,10-12,14H2,1-3H3,(H2,25,26)(H,27,30)/t15-,23+/m1/s1. The third kappa shape index (κ3) is 4.99. The van der Waals surface area contributed by atoms with Crippen molar-refractivity contribution in [2.45, 2.75) is 45.3 Å². The van der Waals surface area contributed by atoms with E-state index in [0.717, 1.165) is 5.56 Å². The van der Waals surface area contributed by atoms with Crippen LogP contribution in [0, 0.1) is 5.41 Å². The molecule has 2 atom stereocenters. The van der Waals surface area contributed by atoms with Gasteiger partial charge in [0.1, 0.15) is 5.82 Å². The Labute approximate surface area is 187 Å². The number of nitrogens with two attached hydrogens (primary N) is 1. The molecule has 8 heteroatoms. The zero-order chi connectivity index (χ0) is 22.8. The van der Waals surface area contributed by atoms with Crippen LogP contribution in [0.15, 0.2) is 42.6 Å². The fourth-order valence-electron chi connectivity index (χ4n) is 4.08. The van der Waals surface area contributed by atoms with Crippen molar-refractivity contribution in [3.05, 3.63) is 58.7 Å². The quantitative estimate of drug-likeness (QED) is 0.656. The summed E-state index contributed by atoms with van der Waals surface area (Å²) in [7, 11) is 0. The number of carbonyl (C=O) groups is 2. The maximum Gasteiger partial charge on any atom is 0.253 e. The Morgan fingerprint density at radius 2 is 1.94 bits per heavy atom. The second kappa shape index (κ2) is 8.85. The Hall–Kier alpha value is -2.64. The molecule has 0 saturated carbocycles. The first-order valence-electron chi connectivity index (χ1n) is 10.3. The maximum atomic E-state index is 12.9. The van der Waals surface area contributed by atoms with Gasteiger partial charge in [-0.25, -0.2) is 4.98 Å². The number of hydrogen-bond acceptors (Lipinski definition) is 5. The number of nitrogen functional groups attached to an aromatic ring is 1. The molecule has 4 N–H and O–H groups in total. The Bertz CT molecular complexity index is 946. The first-order chi connectivity index (χ1) is 14.5. The fourth-order valence-corrected chi connectivity index (χ4v) is 4.21. The Balaban J connectivity index is 1.61. The van der Waals surface area contributed by atoms with Gasteiger partial charge in [0.25, 0.3) is 5.91 Å². The van der Waals surface area contributed by atoms with Crippen LogP contribution < -0.4 is 11.1 Å². The fraction of sp³-hybridized carbons (Fsp3) is 0.435. The lowest BCUT2D eigenvalue weighted by molar-refractivity contribution is -0.153. The molecule has 0 aliphatic carbocycles. The van der Waals surface area contributed by atoms with Crippen molar-refractivity contribution in [3.8, 4) is 0 Å². The van der Waals surface area contributed by atoms with E-state index >= 15 is 0 Å². The smallest absolute Gasteiger partial charge is 0.253 e. The van der Waals surface area contributed by atoms with Gasteiger partial charge in [0, 0.05) is 42.2 Å². The molecule has 2 amide bonds. The first-order valence-corrected chi connectivity index (χ1v) is 10.7. The number of halogens is 1. The number of rotatable bonds is 5. The highest BCUT2D eigenvalue weighted by atomic mass is 35.5. The molecule has 1 aromatic carbocycles. The summed E-state index contributed by atoms with van der Waals surface area (Å²) in [4.78, 5) is 30.9. The summed E-state index contributed by atoms with van der Waals surface area (Å²) in [5, 5.41) is 14.9. The Kier molecular flexibility index (Phi) is 6.57. The van der Waals surface area contributed by atoms with Crippen molar-refractivity contribution >= 4 is 29.2 Å². The van der Waals surface area contributed by atoms with Gasteiger partial charge in [-0.3, -0.25) is 9.59 Å². The topological polar surface area (TPSA) is 109 Å². The lowest BCUT2D eigenvalue weighted by atomic mass is 9.66. The number of hydrogen-bond donors (Lipinski definition) is 3. The number of nitrogens with one attached hydrogen (secondary N) is 1. The zero-order valence-electron chi connectivity index (χ0n) is 18.1. The van der Waals surface area contributed by atoms with E-state index in [1.807, 2.05) is 26.0 Å². The molecule has 0 unspecified atom stereocenters. The number of amides is 2. The third-order valence-electron chi connectivity index (χ3n) is 6.03. The molecule has 0 bridgehead atoms. The molecule has 1 aromatic heterocycles. The molecule has 1 aliphatic heterocycles. The summed E-state index contributed by atoms with van der Waals surface area (Å²) >= 11 is 5.99. The van der Waals surface area contributed by atoms with Gasteiger partial charge >= 0.3 is 0 Å². The number of anilines is 1. The molecule has 1 fully saturated rings. The lowest BCUT2D eigenvalue weighted by Crippen LogP contribution is -2.57. The molecular formula is C23H29ClN4O3. The van der Waals surface area contributed by atoms with E-state index in [-0.39, 0.29) is 24.3 Å². The van der Waals surface area contributed by atoms with Crippen LogP contribution in [0.5, 0.6) is 0 Å². The van der Waals surface area contributed by atoms with E-state index in [4.69, 9.17) is 17.3 Å². The molecule has 3 rings (SSSR count). The number of nitrogens with zero attached hydrogens (tertiary/aromatic N) is 2. The van der Waals surface area contributed by atoms with Crippen LogP contribution in [0.25, 0.3) is 0 Å². The number of benzene rings is 1. The second-order valence-corrected chi connectivity index (χ2v) is 9.30. The SMILES string of the molecule is C[C@H](CC(=O)N1CC[C@](O)(c2ccc(Cl)cc2)C(C)(C)C1)NC(=O)c1ccc(N)nc1. The molecule has 0 spiro atoms. The molecule has 2 aromatic rings. The molecule has 0 radical (unpaired) electrons. The molecule has 166 valence electrons. The van der Waals surface area contributed by atoms with Crippen LogP contribution >= 0.6 is 11.6 Å². The van der Waals surface area contributed by atoms with Crippen LogP contribution in [-0.2, 0) is 10.4 Å². The molecule has 2 heterocycles. The van der Waals surface area contributed by atoms with Gasteiger partial charge < -0.3 is 21.1 Å². The van der Waals surface area contributed by atoms with Crippen LogP contribution in [0.4, 0.5) is 5.82 Å². The Morgan fingerprint density at radius 1 is 1.26 bits per heavy atom. The number of piperidine rings is 1. The second-order valence-electron chi connectivity index (χ2n) is 8.87. The third-order valence-corrected chi connectivity index (χ3v) is 6.28. The van der Waals surface area contributed by atoms with Crippen LogP contribution in [0.2, 0.25) is 5.02 Å². The summed E-state index contributed by atoms with van der Waals surface area (Å²) in [6.07, 6.45) is 2.00. The van der Waals surface area contributed by atoms with Gasteiger partial charge in [0.15, 0.2) is 0 Å². The average Bonchev–Trinajstić information content (AvgIpc) is 2.70. The number of aromatic nitrogens is 1. The van der Waals surface area contributed by atoms with Crippen molar-refractivity contribution in [2.75, 3.05) is 18.8 Å². The number of carbonyl (C=O) groups excluding carboxylic acids is 2. The largest absolute Gasteiger partial charge is 0.384 e. The van der Waals surface area contributed by atoms with E-state index in [1.165, 1.54) is 6.20 Å². The van der Waals surface area contributed by atoms with Gasteiger partial charge in [-0.05, 0) is 43.2 Å². The van der Waals surface area contributed by atoms with Crippen LogP contribution in [0.1, 0.15) is 49.5 Å². The summed E-state index contributed by atoms with van der Waals surface area (Å²) in [5.41, 5.74) is 5.11. The van der Waals surface area contributed by atoms with E-state index in [1.54, 1.807) is 36.1 Å². The Morgan fingerprint density at radius 3 is 2.52 bits per heavy atom. The van der Waals surface area contributed by atoms with Gasteiger partial charge in [0.2, 0.25) is 5.91 Å². The highest BCUT2D eigenvalue weighted by Gasteiger charge is 2.49. The lowest BCUT2D eigenvalue weighted by Gasteiger charge is -2.50. The molecular weight excluding hydrogens is 416 g/mol. The molecule has 1 aliphatic rings. The summed E-state index contributed by atoms with van der Waals surface area (Å²) in [6, 6.07) is 10.0. The minimum atomic E-state index is -1.06. The van der Waals surface area contributed by atoms with Crippen molar-refractivity contribution in [1.82, 2.24) is 15.2 Å². The first kappa shape index (κ1) is 23.0. The van der Waals surface area contributed by atoms with Gasteiger partial charge in [-0.2, -0.15) is 0 Å². The highest BCUT2D eigenvalue weighted by molar-refractivity contribution is 6.30. The van der Waals surface area contributed by atoms with Crippen molar-refractivity contribution < 1.29 is 14.7 Å². The molecule has 7 nitrogen and oxygen atoms in total. The summed E-state index contributed by atoms with van der Waals surface area (Å²) in [6.45, 7) is 6.55. The van der Waals surface area contributed by atoms with Gasteiger partial charge in [-0.1, -0.05) is 37.6 Å². The predicted molar refractivity (Wildman–Crippen MR) is 121 cm³/mol. The van der Waals surface area contributed by atoms with Gasteiger partial charge in [0.05, 0.1) is 11.2 Å². The van der Waals surface area contributed by atoms with Crippen LogP contribution in [-0.4, -0.2) is 45.9 Å². The van der Waals surface area contributed by atoms with Crippen molar-refractivity contribution in [2.24, 2.45) is 5.41 Å². The molecule has 31 heavy (non-hydrogen) atoms. The molecule has 1 saturated heterocycles. The van der Waals surface area contributed by atoms with Crippen molar-refractivity contribution in [3.63, 3.8) is 0 Å².